The second-order valence-corrected chi connectivity index (χ2v) is 8.43. The van der Waals surface area contributed by atoms with Crippen LogP contribution < -0.4 is 4.80 Å². The van der Waals surface area contributed by atoms with Crippen LogP contribution in [0.3, 0.4) is 0 Å². The summed E-state index contributed by atoms with van der Waals surface area (Å²) in [7, 11) is 1.83. The number of rotatable bonds is 6. The number of carbonyl (C=O) groups excluding carboxylic acids is 3. The molecule has 0 unspecified atom stereocenters. The highest BCUT2D eigenvalue weighted by Gasteiger charge is 2.18. The maximum Gasteiger partial charge on any atom is 0.338 e. The lowest BCUT2D eigenvalue weighted by Gasteiger charge is -2.14. The van der Waals surface area contributed by atoms with Crippen molar-refractivity contribution >= 4 is 51.1 Å². The molecular weight excluding hydrogens is 398 g/mol. The van der Waals surface area contributed by atoms with Gasteiger partial charge in [-0.3, -0.25) is 9.59 Å². The first-order chi connectivity index (χ1) is 13.5. The van der Waals surface area contributed by atoms with Crippen LogP contribution in [0.15, 0.2) is 23.2 Å². The number of nitrogens with zero attached hydrogens (tertiary/aromatic N) is 3. The van der Waals surface area contributed by atoms with Crippen molar-refractivity contribution in [3.8, 4) is 0 Å². The van der Waals surface area contributed by atoms with Gasteiger partial charge in [0.2, 0.25) is 5.91 Å². The molecule has 0 atom stereocenters. The number of thioether (sulfide) groups is 1. The Hall–Kier alpha value is -2.13. The molecule has 1 aliphatic rings. The highest BCUT2D eigenvalue weighted by Crippen LogP contribution is 2.19. The van der Waals surface area contributed by atoms with Crippen LogP contribution in [-0.2, 0) is 21.4 Å². The summed E-state index contributed by atoms with van der Waals surface area (Å²) in [5, 5.41) is 0. The molecule has 1 saturated heterocycles. The summed E-state index contributed by atoms with van der Waals surface area (Å²) in [5.74, 6) is -0.0692. The normalized spacial score (nSPS) is 14.6. The van der Waals surface area contributed by atoms with Gasteiger partial charge in [-0.2, -0.15) is 4.99 Å². The quantitative estimate of drug-likeness (QED) is 0.668. The van der Waals surface area contributed by atoms with Gasteiger partial charge in [0, 0.05) is 20.1 Å². The zero-order chi connectivity index (χ0) is 20.1. The van der Waals surface area contributed by atoms with E-state index in [-0.39, 0.29) is 23.5 Å². The molecule has 2 amide bonds. The Morgan fingerprint density at radius 2 is 1.96 bits per heavy atom. The molecule has 0 bridgehead atoms. The van der Waals surface area contributed by atoms with Crippen molar-refractivity contribution in [1.82, 2.24) is 9.47 Å². The zero-order valence-electron chi connectivity index (χ0n) is 16.0. The number of thiazole rings is 1. The number of hydrogen-bond acceptors (Lipinski definition) is 6. The Morgan fingerprint density at radius 1 is 1.21 bits per heavy atom. The molecule has 7 nitrogen and oxygen atoms in total. The molecule has 2 aromatic rings. The summed E-state index contributed by atoms with van der Waals surface area (Å²) in [5.41, 5.74) is 1.37. The van der Waals surface area contributed by atoms with Crippen LogP contribution >= 0.6 is 23.1 Å². The molecule has 28 heavy (non-hydrogen) atoms. The fourth-order valence-corrected chi connectivity index (χ4v) is 4.78. The molecule has 0 aliphatic carbocycles. The van der Waals surface area contributed by atoms with Gasteiger partial charge in [0.05, 0.1) is 33.9 Å². The van der Waals surface area contributed by atoms with Gasteiger partial charge in [-0.15, -0.1) is 11.8 Å². The SMILES string of the molecule is CCOC(=O)c1ccc2c(c1)sc(=NC(=O)CSCC(=O)N1CCCC1)n2C. The highest BCUT2D eigenvalue weighted by molar-refractivity contribution is 8.00. The van der Waals surface area contributed by atoms with Gasteiger partial charge in [-0.05, 0) is 38.0 Å². The molecule has 0 radical (unpaired) electrons. The highest BCUT2D eigenvalue weighted by atomic mass is 32.2. The Morgan fingerprint density at radius 3 is 2.68 bits per heavy atom. The maximum absolute atomic E-state index is 12.2. The van der Waals surface area contributed by atoms with Crippen molar-refractivity contribution in [1.29, 1.82) is 0 Å². The molecule has 0 N–H and O–H groups in total. The number of likely N-dealkylation sites (tertiary alicyclic amines) is 1. The molecule has 3 rings (SSSR count). The van der Waals surface area contributed by atoms with Crippen molar-refractivity contribution in [3.05, 3.63) is 28.6 Å². The molecule has 0 saturated carbocycles. The second kappa shape index (κ2) is 9.38. The van der Waals surface area contributed by atoms with E-state index >= 15 is 0 Å². The van der Waals surface area contributed by atoms with Gasteiger partial charge in [-0.25, -0.2) is 4.79 Å². The molecule has 9 heteroatoms. The fraction of sp³-hybridized carbons (Fsp3) is 0.474. The van der Waals surface area contributed by atoms with Gasteiger partial charge < -0.3 is 14.2 Å². The van der Waals surface area contributed by atoms with Gasteiger partial charge >= 0.3 is 5.97 Å². The van der Waals surface area contributed by atoms with Crippen LogP contribution in [0, 0.1) is 0 Å². The van der Waals surface area contributed by atoms with E-state index in [0.717, 1.165) is 36.1 Å². The number of esters is 1. The predicted molar refractivity (Wildman–Crippen MR) is 110 cm³/mol. The van der Waals surface area contributed by atoms with Gasteiger partial charge in [0.25, 0.3) is 5.91 Å². The molecule has 1 fully saturated rings. The number of hydrogen-bond donors (Lipinski definition) is 0. The molecule has 2 heterocycles. The smallest absolute Gasteiger partial charge is 0.338 e. The van der Waals surface area contributed by atoms with E-state index in [1.54, 1.807) is 19.1 Å². The second-order valence-electron chi connectivity index (χ2n) is 6.43. The summed E-state index contributed by atoms with van der Waals surface area (Å²) in [6.45, 7) is 3.73. The first kappa shape index (κ1) is 20.6. The zero-order valence-corrected chi connectivity index (χ0v) is 17.6. The first-order valence-corrected chi connectivity index (χ1v) is 11.2. The standard InChI is InChI=1S/C19H23N3O4S2/c1-3-26-18(25)13-6-7-14-15(10-13)28-19(21(14)2)20-16(23)11-27-12-17(24)22-8-4-5-9-22/h6-7,10H,3-5,8-9,11-12H2,1-2H3. The van der Waals surface area contributed by atoms with Gasteiger partial charge in [0.15, 0.2) is 4.80 Å². The minimum Gasteiger partial charge on any atom is -0.462 e. The lowest BCUT2D eigenvalue weighted by Crippen LogP contribution is -2.29. The molecule has 1 aliphatic heterocycles. The number of fused-ring (bicyclic) bond motifs is 1. The van der Waals surface area contributed by atoms with Crippen molar-refractivity contribution in [2.24, 2.45) is 12.0 Å². The Kier molecular flexibility index (Phi) is 6.90. The predicted octanol–water partition coefficient (Wildman–Crippen LogP) is 2.20. The third-order valence-corrected chi connectivity index (χ3v) is 6.45. The van der Waals surface area contributed by atoms with Gasteiger partial charge in [0.1, 0.15) is 0 Å². The fourth-order valence-electron chi connectivity index (χ4n) is 3.00. The molecule has 150 valence electrons. The number of amides is 2. The molecular formula is C19H23N3O4S2. The lowest BCUT2D eigenvalue weighted by molar-refractivity contribution is -0.127. The average Bonchev–Trinajstić information content (AvgIpc) is 3.31. The number of benzene rings is 1. The summed E-state index contributed by atoms with van der Waals surface area (Å²) < 4.78 is 7.71. The molecule has 1 aromatic heterocycles. The monoisotopic (exact) mass is 421 g/mol. The van der Waals surface area contributed by atoms with Crippen molar-refractivity contribution < 1.29 is 19.1 Å². The summed E-state index contributed by atoms with van der Waals surface area (Å²) >= 11 is 2.65. The van der Waals surface area contributed by atoms with E-state index in [1.165, 1.54) is 23.1 Å². The largest absolute Gasteiger partial charge is 0.462 e. The van der Waals surface area contributed by atoms with E-state index < -0.39 is 0 Å². The van der Waals surface area contributed by atoms with E-state index in [2.05, 4.69) is 4.99 Å². The maximum atomic E-state index is 12.2. The van der Waals surface area contributed by atoms with Crippen molar-refractivity contribution in [2.75, 3.05) is 31.2 Å². The van der Waals surface area contributed by atoms with Crippen LogP contribution in [0.4, 0.5) is 0 Å². The summed E-state index contributed by atoms with van der Waals surface area (Å²) in [6.07, 6.45) is 2.12. The Balaban J connectivity index is 1.66. The van der Waals surface area contributed by atoms with Crippen molar-refractivity contribution in [2.45, 2.75) is 19.8 Å². The van der Waals surface area contributed by atoms with Crippen LogP contribution in [0.5, 0.6) is 0 Å². The number of aromatic nitrogens is 1. The first-order valence-electron chi connectivity index (χ1n) is 9.19. The van der Waals surface area contributed by atoms with Crippen LogP contribution in [0.2, 0.25) is 0 Å². The minimum absolute atomic E-state index is 0.0919. The Labute approximate surface area is 171 Å². The molecule has 1 aromatic carbocycles. The Bertz CT molecular complexity index is 958. The summed E-state index contributed by atoms with van der Waals surface area (Å²) in [4.78, 5) is 42.7. The number of aryl methyl sites for hydroxylation is 1. The number of carbonyl (C=O) groups is 3. The lowest BCUT2D eigenvalue weighted by atomic mass is 10.2. The van der Waals surface area contributed by atoms with E-state index in [0.29, 0.717) is 22.7 Å². The van der Waals surface area contributed by atoms with E-state index in [1.807, 2.05) is 22.6 Å². The van der Waals surface area contributed by atoms with Gasteiger partial charge in [-0.1, -0.05) is 11.3 Å². The van der Waals surface area contributed by atoms with Crippen molar-refractivity contribution in [3.63, 3.8) is 0 Å². The number of ether oxygens (including phenoxy) is 1. The van der Waals surface area contributed by atoms with Crippen LogP contribution in [-0.4, -0.2) is 58.5 Å². The van der Waals surface area contributed by atoms with Crippen LogP contribution in [0.25, 0.3) is 10.2 Å². The van der Waals surface area contributed by atoms with E-state index in [9.17, 15) is 14.4 Å². The average molecular weight is 422 g/mol. The third kappa shape index (κ3) is 4.82. The van der Waals surface area contributed by atoms with E-state index in [4.69, 9.17) is 4.74 Å². The molecule has 0 spiro atoms. The van der Waals surface area contributed by atoms with Crippen LogP contribution in [0.1, 0.15) is 30.1 Å². The third-order valence-electron chi connectivity index (χ3n) is 4.45. The topological polar surface area (TPSA) is 81.0 Å². The summed E-state index contributed by atoms with van der Waals surface area (Å²) in [6, 6.07) is 5.29. The minimum atomic E-state index is -0.367.